The molecule has 0 unspecified atom stereocenters. The number of hydrogen-bond acceptors (Lipinski definition) is 4. The van der Waals surface area contributed by atoms with Crippen molar-refractivity contribution in [3.63, 3.8) is 0 Å². The number of esters is 2. The lowest BCUT2D eigenvalue weighted by molar-refractivity contribution is -0.142. The molecule has 1 rings (SSSR count). The van der Waals surface area contributed by atoms with E-state index in [0.29, 0.717) is 0 Å². The number of benzene rings is 1. The molecule has 1 aromatic carbocycles. The van der Waals surface area contributed by atoms with Crippen LogP contribution in [-0.4, -0.2) is 18.5 Å². The van der Waals surface area contributed by atoms with E-state index in [2.05, 4.69) is 11.7 Å². The van der Waals surface area contributed by atoms with Gasteiger partial charge in [0.2, 0.25) is 34.8 Å². The largest absolute Gasteiger partial charge is 0.461 e. The van der Waals surface area contributed by atoms with E-state index in [4.69, 9.17) is 4.74 Å². The number of carbonyl (C=O) groups is 2. The lowest BCUT2D eigenvalue weighted by atomic mass is 10.1. The van der Waals surface area contributed by atoms with Crippen molar-refractivity contribution < 1.29 is 41.0 Å². The van der Waals surface area contributed by atoms with E-state index in [-0.39, 0.29) is 19.4 Å². The SMILES string of the molecule is CCCCCCCCC/C=C/COC(=O)CCCC(=O)Oc1c(F)c(F)c(F)c(F)c1F. The van der Waals surface area contributed by atoms with Crippen molar-refractivity contribution in [3.05, 3.63) is 41.2 Å². The van der Waals surface area contributed by atoms with E-state index in [1.54, 1.807) is 6.08 Å². The normalized spacial score (nSPS) is 11.2. The minimum Gasteiger partial charge on any atom is -0.461 e. The summed E-state index contributed by atoms with van der Waals surface area (Å²) >= 11 is 0. The van der Waals surface area contributed by atoms with Crippen LogP contribution in [0.25, 0.3) is 0 Å². The molecule has 0 aliphatic rings. The maximum Gasteiger partial charge on any atom is 0.311 e. The molecule has 0 aliphatic carbocycles. The fourth-order valence-electron chi connectivity index (χ4n) is 2.83. The number of rotatable bonds is 15. The molecule has 0 N–H and O–H groups in total. The van der Waals surface area contributed by atoms with Crippen molar-refractivity contribution in [2.45, 2.75) is 77.6 Å². The van der Waals surface area contributed by atoms with Gasteiger partial charge in [0.25, 0.3) is 0 Å². The second kappa shape index (κ2) is 15.4. The molecule has 0 heterocycles. The molecule has 0 atom stereocenters. The third-order valence-corrected chi connectivity index (χ3v) is 4.63. The second-order valence-electron chi connectivity index (χ2n) is 7.29. The van der Waals surface area contributed by atoms with Crippen LogP contribution in [0.15, 0.2) is 12.2 Å². The van der Waals surface area contributed by atoms with Crippen LogP contribution in [0.1, 0.15) is 77.6 Å². The van der Waals surface area contributed by atoms with Crippen molar-refractivity contribution in [3.8, 4) is 5.75 Å². The highest BCUT2D eigenvalue weighted by molar-refractivity contribution is 5.74. The van der Waals surface area contributed by atoms with Crippen LogP contribution in [0.2, 0.25) is 0 Å². The first-order chi connectivity index (χ1) is 15.3. The second-order valence-corrected chi connectivity index (χ2v) is 7.29. The van der Waals surface area contributed by atoms with Gasteiger partial charge in [-0.15, -0.1) is 0 Å². The summed E-state index contributed by atoms with van der Waals surface area (Å²) in [6, 6.07) is 0. The summed E-state index contributed by atoms with van der Waals surface area (Å²) in [5, 5.41) is 0. The summed E-state index contributed by atoms with van der Waals surface area (Å²) in [7, 11) is 0. The minimum atomic E-state index is -2.35. The van der Waals surface area contributed by atoms with Gasteiger partial charge in [0, 0.05) is 12.8 Å². The smallest absolute Gasteiger partial charge is 0.311 e. The van der Waals surface area contributed by atoms with Crippen LogP contribution in [0.4, 0.5) is 22.0 Å². The summed E-state index contributed by atoms with van der Waals surface area (Å²) in [5.41, 5.74) is 0. The Morgan fingerprint density at radius 2 is 1.22 bits per heavy atom. The van der Waals surface area contributed by atoms with Crippen molar-refractivity contribution >= 4 is 11.9 Å². The molecule has 0 radical (unpaired) electrons. The molecular weight excluding hydrogens is 435 g/mol. The number of carbonyl (C=O) groups excluding carboxylic acids is 2. The Balaban J connectivity index is 2.20. The number of hydrogen-bond donors (Lipinski definition) is 0. The first-order valence-electron chi connectivity index (χ1n) is 10.8. The molecule has 32 heavy (non-hydrogen) atoms. The average molecular weight is 464 g/mol. The topological polar surface area (TPSA) is 52.6 Å². The highest BCUT2D eigenvalue weighted by atomic mass is 19.2. The number of ether oxygens (including phenoxy) is 2. The maximum atomic E-state index is 13.5. The number of allylic oxidation sites excluding steroid dienone is 1. The van der Waals surface area contributed by atoms with Crippen LogP contribution >= 0.6 is 0 Å². The van der Waals surface area contributed by atoms with E-state index in [0.717, 1.165) is 19.3 Å². The Morgan fingerprint density at radius 3 is 1.84 bits per heavy atom. The zero-order chi connectivity index (χ0) is 23.9. The van der Waals surface area contributed by atoms with Crippen LogP contribution in [0.5, 0.6) is 5.75 Å². The molecule has 180 valence electrons. The van der Waals surface area contributed by atoms with Gasteiger partial charge in [-0.05, 0) is 19.3 Å². The van der Waals surface area contributed by atoms with Crippen LogP contribution in [0, 0.1) is 29.1 Å². The summed E-state index contributed by atoms with van der Waals surface area (Å²) in [6.45, 7) is 2.27. The molecule has 4 nitrogen and oxygen atoms in total. The van der Waals surface area contributed by atoms with E-state index < -0.39 is 53.2 Å². The van der Waals surface area contributed by atoms with E-state index >= 15 is 0 Å². The van der Waals surface area contributed by atoms with Gasteiger partial charge in [-0.1, -0.05) is 57.6 Å². The Hall–Kier alpha value is -2.45. The molecule has 0 saturated carbocycles. The van der Waals surface area contributed by atoms with Gasteiger partial charge >= 0.3 is 11.9 Å². The molecule has 0 aliphatic heterocycles. The van der Waals surface area contributed by atoms with Crippen molar-refractivity contribution in [1.29, 1.82) is 0 Å². The predicted octanol–water partition coefficient (Wildman–Crippen LogP) is 6.70. The van der Waals surface area contributed by atoms with Crippen LogP contribution < -0.4 is 4.74 Å². The molecule has 1 aromatic rings. The highest BCUT2D eigenvalue weighted by Gasteiger charge is 2.28. The zero-order valence-corrected chi connectivity index (χ0v) is 18.2. The molecule has 0 saturated heterocycles. The first kappa shape index (κ1) is 27.6. The zero-order valence-electron chi connectivity index (χ0n) is 18.2. The lowest BCUT2D eigenvalue weighted by Gasteiger charge is -2.08. The fraction of sp³-hybridized carbons (Fsp3) is 0.565. The van der Waals surface area contributed by atoms with Gasteiger partial charge in [-0.2, -0.15) is 8.78 Å². The summed E-state index contributed by atoms with van der Waals surface area (Å²) < 4.78 is 75.3. The van der Waals surface area contributed by atoms with Crippen LogP contribution in [0.3, 0.4) is 0 Å². The van der Waals surface area contributed by atoms with Crippen molar-refractivity contribution in [1.82, 2.24) is 0 Å². The molecule has 0 amide bonds. The molecule has 9 heteroatoms. The van der Waals surface area contributed by atoms with Crippen molar-refractivity contribution in [2.24, 2.45) is 0 Å². The van der Waals surface area contributed by atoms with E-state index in [1.807, 2.05) is 6.08 Å². The van der Waals surface area contributed by atoms with Gasteiger partial charge in [-0.25, -0.2) is 13.2 Å². The van der Waals surface area contributed by atoms with Gasteiger partial charge in [0.1, 0.15) is 6.61 Å². The molecule has 0 spiro atoms. The average Bonchev–Trinajstić information content (AvgIpc) is 2.77. The van der Waals surface area contributed by atoms with E-state index in [1.165, 1.54) is 32.1 Å². The fourth-order valence-corrected chi connectivity index (χ4v) is 2.83. The third kappa shape index (κ3) is 9.78. The Kier molecular flexibility index (Phi) is 13.2. The number of unbranched alkanes of at least 4 members (excludes halogenated alkanes) is 7. The Morgan fingerprint density at radius 1 is 0.688 bits per heavy atom. The predicted molar refractivity (Wildman–Crippen MR) is 108 cm³/mol. The quantitative estimate of drug-likeness (QED) is 0.0551. The molecule has 0 fully saturated rings. The van der Waals surface area contributed by atoms with Crippen LogP contribution in [-0.2, 0) is 14.3 Å². The Labute approximate surface area is 184 Å². The summed E-state index contributed by atoms with van der Waals surface area (Å²) in [4.78, 5) is 23.2. The highest BCUT2D eigenvalue weighted by Crippen LogP contribution is 2.29. The van der Waals surface area contributed by atoms with E-state index in [9.17, 15) is 31.5 Å². The molecular formula is C23H29F5O4. The molecule has 0 aromatic heterocycles. The minimum absolute atomic E-state index is 0.0746. The lowest BCUT2D eigenvalue weighted by Crippen LogP contribution is -2.14. The molecule has 0 bridgehead atoms. The first-order valence-corrected chi connectivity index (χ1v) is 10.8. The standard InChI is InChI=1S/C23H29F5O4/c1-2-3-4-5-6-7-8-9-10-11-15-31-16(29)13-12-14-17(30)32-23-21(27)19(25)18(24)20(26)22(23)28/h10-11H,2-9,12-15H2,1H3/b11-10+. The summed E-state index contributed by atoms with van der Waals surface area (Å²) in [5.74, 6) is -14.7. The van der Waals surface area contributed by atoms with Gasteiger partial charge in [-0.3, -0.25) is 9.59 Å². The Bertz CT molecular complexity index is 751. The monoisotopic (exact) mass is 464 g/mol. The maximum absolute atomic E-state index is 13.5. The summed E-state index contributed by atoms with van der Waals surface area (Å²) in [6.07, 6.45) is 12.3. The van der Waals surface area contributed by atoms with Gasteiger partial charge in [0.05, 0.1) is 0 Å². The number of halogens is 5. The van der Waals surface area contributed by atoms with Crippen molar-refractivity contribution in [2.75, 3.05) is 6.61 Å². The third-order valence-electron chi connectivity index (χ3n) is 4.63. The van der Waals surface area contributed by atoms with Gasteiger partial charge in [0.15, 0.2) is 0 Å². The van der Waals surface area contributed by atoms with Gasteiger partial charge < -0.3 is 9.47 Å².